The van der Waals surface area contributed by atoms with E-state index in [4.69, 9.17) is 0 Å². The van der Waals surface area contributed by atoms with Gasteiger partial charge in [-0.3, -0.25) is 14.5 Å². The second kappa shape index (κ2) is 6.83. The third kappa shape index (κ3) is 3.63. The van der Waals surface area contributed by atoms with E-state index in [2.05, 4.69) is 5.32 Å². The van der Waals surface area contributed by atoms with Crippen LogP contribution in [0.4, 0.5) is 4.79 Å². The number of nitrogens with zero attached hydrogens (tertiary/aromatic N) is 2. The van der Waals surface area contributed by atoms with Crippen molar-refractivity contribution in [3.63, 3.8) is 0 Å². The molecule has 4 rings (SSSR count). The van der Waals surface area contributed by atoms with Gasteiger partial charge in [0.1, 0.15) is 12.1 Å². The van der Waals surface area contributed by atoms with Crippen LogP contribution in [0.5, 0.6) is 0 Å². The van der Waals surface area contributed by atoms with Gasteiger partial charge in [-0.05, 0) is 38.7 Å². The largest absolute Gasteiger partial charge is 0.334 e. The summed E-state index contributed by atoms with van der Waals surface area (Å²) in [4.78, 5) is 41.2. The molecule has 0 spiro atoms. The van der Waals surface area contributed by atoms with Crippen molar-refractivity contribution in [3.05, 3.63) is 35.4 Å². The van der Waals surface area contributed by atoms with Crippen molar-refractivity contribution in [2.75, 3.05) is 18.1 Å². The average Bonchev–Trinajstić information content (AvgIpc) is 3.37. The van der Waals surface area contributed by atoms with Gasteiger partial charge in [0.15, 0.2) is 9.84 Å². The number of benzene rings is 1. The second-order valence-corrected chi connectivity index (χ2v) is 10.6. The van der Waals surface area contributed by atoms with Crippen molar-refractivity contribution < 1.29 is 22.8 Å². The normalized spacial score (nSPS) is 28.5. The molecule has 1 N–H and O–H groups in total. The third-order valence-electron chi connectivity index (χ3n) is 6.03. The fraction of sp³-hybridized carbons (Fsp3) is 0.550. The van der Waals surface area contributed by atoms with Crippen LogP contribution >= 0.6 is 0 Å². The van der Waals surface area contributed by atoms with Crippen molar-refractivity contribution in [2.24, 2.45) is 0 Å². The summed E-state index contributed by atoms with van der Waals surface area (Å²) in [6, 6.07) is 6.33. The van der Waals surface area contributed by atoms with Crippen LogP contribution in [0.15, 0.2) is 24.3 Å². The maximum Gasteiger partial charge on any atom is 0.325 e. The molecule has 1 saturated carbocycles. The Morgan fingerprint density at radius 2 is 1.83 bits per heavy atom. The zero-order chi connectivity index (χ0) is 21.0. The van der Waals surface area contributed by atoms with Gasteiger partial charge in [-0.25, -0.2) is 13.2 Å². The predicted molar refractivity (Wildman–Crippen MR) is 106 cm³/mol. The number of nitrogens with one attached hydrogen (secondary N) is 1. The van der Waals surface area contributed by atoms with Crippen LogP contribution in [-0.4, -0.2) is 66.2 Å². The number of carbonyl (C=O) groups excluding carboxylic acids is 3. The molecule has 156 valence electrons. The first kappa shape index (κ1) is 19.9. The van der Waals surface area contributed by atoms with E-state index < -0.39 is 27.3 Å². The number of aryl methyl sites for hydroxylation is 1. The highest BCUT2D eigenvalue weighted by Crippen LogP contribution is 2.33. The van der Waals surface area contributed by atoms with Gasteiger partial charge in [-0.2, -0.15) is 0 Å². The summed E-state index contributed by atoms with van der Waals surface area (Å²) in [5.41, 5.74) is 0.455. The molecule has 2 aliphatic heterocycles. The Morgan fingerprint density at radius 3 is 2.38 bits per heavy atom. The van der Waals surface area contributed by atoms with Gasteiger partial charge in [-0.15, -0.1) is 0 Å². The summed E-state index contributed by atoms with van der Waals surface area (Å²) < 4.78 is 23.7. The van der Waals surface area contributed by atoms with E-state index in [-0.39, 0.29) is 36.0 Å². The highest BCUT2D eigenvalue weighted by Gasteiger charge is 2.51. The van der Waals surface area contributed by atoms with Crippen LogP contribution in [0.1, 0.15) is 37.3 Å². The van der Waals surface area contributed by atoms with E-state index in [0.717, 1.165) is 23.3 Å². The van der Waals surface area contributed by atoms with Gasteiger partial charge >= 0.3 is 6.03 Å². The lowest BCUT2D eigenvalue weighted by molar-refractivity contribution is -0.140. The third-order valence-corrected chi connectivity index (χ3v) is 7.78. The van der Waals surface area contributed by atoms with Gasteiger partial charge < -0.3 is 10.2 Å². The summed E-state index contributed by atoms with van der Waals surface area (Å²) in [5.74, 6) is -0.819. The molecule has 0 aromatic heterocycles. The maximum atomic E-state index is 13.1. The van der Waals surface area contributed by atoms with E-state index in [0.29, 0.717) is 12.0 Å². The van der Waals surface area contributed by atoms with Crippen LogP contribution in [0, 0.1) is 6.92 Å². The minimum Gasteiger partial charge on any atom is -0.334 e. The molecule has 3 aliphatic rings. The fourth-order valence-corrected chi connectivity index (χ4v) is 5.90. The molecular formula is C20H25N3O5S. The summed E-state index contributed by atoms with van der Waals surface area (Å²) in [5, 5.41) is 2.71. The lowest BCUT2D eigenvalue weighted by atomic mass is 9.91. The van der Waals surface area contributed by atoms with E-state index in [9.17, 15) is 22.8 Å². The number of urea groups is 1. The Morgan fingerprint density at radius 1 is 1.17 bits per heavy atom. The van der Waals surface area contributed by atoms with Crippen molar-refractivity contribution in [1.29, 1.82) is 0 Å². The van der Waals surface area contributed by atoms with Gasteiger partial charge in [0.2, 0.25) is 5.91 Å². The minimum atomic E-state index is -3.14. The Bertz CT molecular complexity index is 970. The topological polar surface area (TPSA) is 104 Å². The summed E-state index contributed by atoms with van der Waals surface area (Å²) >= 11 is 0. The first-order valence-electron chi connectivity index (χ1n) is 9.83. The summed E-state index contributed by atoms with van der Waals surface area (Å²) in [6.45, 7) is 3.19. The highest BCUT2D eigenvalue weighted by molar-refractivity contribution is 7.91. The fourth-order valence-electron chi connectivity index (χ4n) is 4.19. The number of carbonyl (C=O) groups is 3. The molecule has 8 nitrogen and oxygen atoms in total. The Labute approximate surface area is 170 Å². The molecule has 0 radical (unpaired) electrons. The molecule has 0 bridgehead atoms. The van der Waals surface area contributed by atoms with Crippen LogP contribution in [0.25, 0.3) is 0 Å². The van der Waals surface area contributed by atoms with Crippen LogP contribution < -0.4 is 5.32 Å². The molecule has 3 fully saturated rings. The standard InChI is InChI=1S/C20H25N3O5S/c1-13-3-5-14(6-4-13)20(2)18(25)22(19(26)21-20)11-17(24)23(15-7-8-15)16-9-10-29(27,28)12-16/h3-6,15-16H,7-12H2,1-2H3,(H,21,26)/t16-,20+/m0/s1. The lowest BCUT2D eigenvalue weighted by Gasteiger charge is -2.30. The number of amides is 4. The molecule has 2 heterocycles. The van der Waals surface area contributed by atoms with Crippen LogP contribution in [0.3, 0.4) is 0 Å². The Kier molecular flexibility index (Phi) is 4.68. The molecule has 1 aliphatic carbocycles. The summed E-state index contributed by atoms with van der Waals surface area (Å²) in [6.07, 6.45) is 2.05. The predicted octanol–water partition coefficient (Wildman–Crippen LogP) is 0.940. The first-order valence-corrected chi connectivity index (χ1v) is 11.7. The van der Waals surface area contributed by atoms with Crippen molar-refractivity contribution >= 4 is 27.7 Å². The Balaban J connectivity index is 1.52. The van der Waals surface area contributed by atoms with Gasteiger partial charge in [0, 0.05) is 12.1 Å². The smallest absolute Gasteiger partial charge is 0.325 e. The minimum absolute atomic E-state index is 0.00467. The monoisotopic (exact) mass is 419 g/mol. The molecular weight excluding hydrogens is 394 g/mol. The number of rotatable bonds is 5. The average molecular weight is 420 g/mol. The van der Waals surface area contributed by atoms with Gasteiger partial charge in [0.05, 0.1) is 11.5 Å². The van der Waals surface area contributed by atoms with Crippen molar-refractivity contribution in [2.45, 2.75) is 50.7 Å². The Hall–Kier alpha value is -2.42. The van der Waals surface area contributed by atoms with E-state index in [1.165, 1.54) is 0 Å². The molecule has 29 heavy (non-hydrogen) atoms. The quantitative estimate of drug-likeness (QED) is 0.716. The van der Waals surface area contributed by atoms with Crippen LogP contribution in [-0.2, 0) is 25.0 Å². The van der Waals surface area contributed by atoms with Gasteiger partial charge in [0.25, 0.3) is 5.91 Å². The molecule has 1 aromatic carbocycles. The van der Waals surface area contributed by atoms with E-state index in [1.807, 2.05) is 19.1 Å². The van der Waals surface area contributed by atoms with E-state index >= 15 is 0 Å². The second-order valence-electron chi connectivity index (χ2n) is 8.40. The number of hydrogen-bond donors (Lipinski definition) is 1. The van der Waals surface area contributed by atoms with Crippen LogP contribution in [0.2, 0.25) is 0 Å². The van der Waals surface area contributed by atoms with Crippen molar-refractivity contribution in [3.8, 4) is 0 Å². The number of imide groups is 1. The molecule has 9 heteroatoms. The summed E-state index contributed by atoms with van der Waals surface area (Å²) in [7, 11) is -3.14. The van der Waals surface area contributed by atoms with Crippen molar-refractivity contribution in [1.82, 2.24) is 15.1 Å². The zero-order valence-corrected chi connectivity index (χ0v) is 17.4. The van der Waals surface area contributed by atoms with E-state index in [1.54, 1.807) is 24.0 Å². The maximum absolute atomic E-state index is 13.1. The molecule has 4 amide bonds. The SMILES string of the molecule is Cc1ccc([C@@]2(C)NC(=O)N(CC(=O)N(C3CC3)[C@H]3CCS(=O)(=O)C3)C2=O)cc1. The molecule has 1 aromatic rings. The molecule has 0 unspecified atom stereocenters. The number of sulfone groups is 1. The first-order chi connectivity index (χ1) is 13.6. The molecule has 2 saturated heterocycles. The highest BCUT2D eigenvalue weighted by atomic mass is 32.2. The molecule has 2 atom stereocenters. The number of hydrogen-bond acceptors (Lipinski definition) is 5. The van der Waals surface area contributed by atoms with Gasteiger partial charge in [-0.1, -0.05) is 29.8 Å². The zero-order valence-electron chi connectivity index (χ0n) is 16.6. The lowest BCUT2D eigenvalue weighted by Crippen LogP contribution is -2.49.